The van der Waals surface area contributed by atoms with Crippen molar-refractivity contribution in [2.24, 2.45) is 0 Å². The number of ether oxygens (including phenoxy) is 1. The lowest BCUT2D eigenvalue weighted by molar-refractivity contribution is 0.0957. The predicted molar refractivity (Wildman–Crippen MR) is 108 cm³/mol. The van der Waals surface area contributed by atoms with E-state index in [1.807, 2.05) is 0 Å². The van der Waals surface area contributed by atoms with Gasteiger partial charge in [0.2, 0.25) is 0 Å². The number of methoxy groups -OCH3 is 1. The molecule has 0 radical (unpaired) electrons. The van der Waals surface area contributed by atoms with Gasteiger partial charge >= 0.3 is 0 Å². The van der Waals surface area contributed by atoms with E-state index in [0.29, 0.717) is 5.56 Å². The Morgan fingerprint density at radius 1 is 1.03 bits per heavy atom. The molecule has 31 heavy (non-hydrogen) atoms. The Balaban J connectivity index is 1.82. The monoisotopic (exact) mass is 428 g/mol. The SMILES string of the molecule is CNC(=O)c1cc(NC(=O)c2ccc(=O)n(Cc3ccc(OC)c(F)c3)n2)ccc1F. The van der Waals surface area contributed by atoms with Crippen LogP contribution in [0.1, 0.15) is 26.4 Å². The fourth-order valence-corrected chi connectivity index (χ4v) is 2.77. The first kappa shape index (κ1) is 21.6. The van der Waals surface area contributed by atoms with Crippen molar-refractivity contribution in [3.63, 3.8) is 0 Å². The van der Waals surface area contributed by atoms with Crippen LogP contribution in [0.3, 0.4) is 0 Å². The highest BCUT2D eigenvalue weighted by Crippen LogP contribution is 2.18. The van der Waals surface area contributed by atoms with Crippen molar-refractivity contribution in [3.05, 3.63) is 87.3 Å². The molecule has 0 aliphatic heterocycles. The molecule has 1 aromatic heterocycles. The summed E-state index contributed by atoms with van der Waals surface area (Å²) in [6, 6.07) is 10.1. The lowest BCUT2D eigenvalue weighted by atomic mass is 10.1. The summed E-state index contributed by atoms with van der Waals surface area (Å²) in [6.07, 6.45) is 0. The van der Waals surface area contributed by atoms with Crippen molar-refractivity contribution < 1.29 is 23.1 Å². The number of nitrogens with zero attached hydrogens (tertiary/aromatic N) is 2. The molecule has 0 saturated carbocycles. The summed E-state index contributed by atoms with van der Waals surface area (Å²) in [4.78, 5) is 36.4. The maximum absolute atomic E-state index is 13.9. The third-order valence-electron chi connectivity index (χ3n) is 4.34. The summed E-state index contributed by atoms with van der Waals surface area (Å²) in [5.74, 6) is -2.59. The van der Waals surface area contributed by atoms with Crippen molar-refractivity contribution >= 4 is 17.5 Å². The number of hydrogen-bond acceptors (Lipinski definition) is 5. The molecule has 10 heteroatoms. The van der Waals surface area contributed by atoms with Gasteiger partial charge in [-0.15, -0.1) is 0 Å². The van der Waals surface area contributed by atoms with E-state index >= 15 is 0 Å². The minimum absolute atomic E-state index is 0.0626. The molecular formula is C21H18F2N4O4. The van der Waals surface area contributed by atoms with Gasteiger partial charge in [-0.3, -0.25) is 14.4 Å². The summed E-state index contributed by atoms with van der Waals surface area (Å²) in [5, 5.41) is 8.82. The van der Waals surface area contributed by atoms with Gasteiger partial charge in [-0.1, -0.05) is 6.07 Å². The van der Waals surface area contributed by atoms with Crippen LogP contribution in [-0.4, -0.2) is 35.8 Å². The fraction of sp³-hybridized carbons (Fsp3) is 0.143. The molecule has 0 aliphatic carbocycles. The quantitative estimate of drug-likeness (QED) is 0.627. The average molecular weight is 428 g/mol. The van der Waals surface area contributed by atoms with E-state index in [4.69, 9.17) is 4.74 Å². The standard InChI is InChI=1S/C21H18F2N4O4/c1-24-20(29)14-10-13(4-5-15(14)22)25-21(30)17-6-8-19(28)27(26-17)11-12-3-7-18(31-2)16(23)9-12/h3-10H,11H2,1-2H3,(H,24,29)(H,25,30). The first-order chi connectivity index (χ1) is 14.8. The molecule has 0 aliphatic rings. The zero-order valence-corrected chi connectivity index (χ0v) is 16.6. The first-order valence-corrected chi connectivity index (χ1v) is 9.06. The van der Waals surface area contributed by atoms with Crippen molar-refractivity contribution in [3.8, 4) is 5.75 Å². The maximum atomic E-state index is 13.9. The summed E-state index contributed by atoms with van der Waals surface area (Å²) >= 11 is 0. The Kier molecular flexibility index (Phi) is 6.39. The summed E-state index contributed by atoms with van der Waals surface area (Å²) < 4.78 is 33.6. The number of aromatic nitrogens is 2. The molecule has 3 rings (SSSR count). The Morgan fingerprint density at radius 2 is 1.81 bits per heavy atom. The molecule has 0 saturated heterocycles. The van der Waals surface area contributed by atoms with Gasteiger partial charge in [-0.2, -0.15) is 5.10 Å². The van der Waals surface area contributed by atoms with E-state index in [0.717, 1.165) is 16.8 Å². The number of rotatable bonds is 6. The number of carbonyl (C=O) groups is 2. The smallest absolute Gasteiger partial charge is 0.276 e. The summed E-state index contributed by atoms with van der Waals surface area (Å²) in [6.45, 7) is -0.0712. The van der Waals surface area contributed by atoms with Crippen LogP contribution in [0.2, 0.25) is 0 Å². The molecule has 0 bridgehead atoms. The van der Waals surface area contributed by atoms with Gasteiger partial charge in [0.25, 0.3) is 17.4 Å². The number of anilines is 1. The van der Waals surface area contributed by atoms with Crippen LogP contribution in [0.4, 0.5) is 14.5 Å². The van der Waals surface area contributed by atoms with E-state index in [1.165, 1.54) is 44.5 Å². The zero-order valence-electron chi connectivity index (χ0n) is 16.6. The largest absolute Gasteiger partial charge is 0.494 e. The maximum Gasteiger partial charge on any atom is 0.276 e. The molecular weight excluding hydrogens is 410 g/mol. The molecule has 2 N–H and O–H groups in total. The van der Waals surface area contributed by atoms with Crippen molar-refractivity contribution in [1.29, 1.82) is 0 Å². The van der Waals surface area contributed by atoms with Crippen LogP contribution in [0.15, 0.2) is 53.3 Å². The lowest BCUT2D eigenvalue weighted by Crippen LogP contribution is -2.26. The Morgan fingerprint density at radius 3 is 2.48 bits per heavy atom. The van der Waals surface area contributed by atoms with Gasteiger partial charge in [-0.05, 0) is 42.0 Å². The van der Waals surface area contributed by atoms with Gasteiger partial charge < -0.3 is 15.4 Å². The highest BCUT2D eigenvalue weighted by molar-refractivity contribution is 6.03. The minimum atomic E-state index is -0.740. The van der Waals surface area contributed by atoms with Crippen LogP contribution in [0.25, 0.3) is 0 Å². The molecule has 160 valence electrons. The van der Waals surface area contributed by atoms with E-state index in [9.17, 15) is 23.2 Å². The summed E-state index contributed by atoms with van der Waals surface area (Å²) in [7, 11) is 2.69. The predicted octanol–water partition coefficient (Wildman–Crippen LogP) is 2.19. The van der Waals surface area contributed by atoms with Gasteiger partial charge in [-0.25, -0.2) is 13.5 Å². The fourth-order valence-electron chi connectivity index (χ4n) is 2.77. The second-order valence-electron chi connectivity index (χ2n) is 6.41. The minimum Gasteiger partial charge on any atom is -0.494 e. The number of benzene rings is 2. The molecule has 8 nitrogen and oxygen atoms in total. The van der Waals surface area contributed by atoms with E-state index < -0.39 is 29.0 Å². The van der Waals surface area contributed by atoms with Crippen LogP contribution in [0.5, 0.6) is 5.75 Å². The number of amides is 2. The van der Waals surface area contributed by atoms with Gasteiger partial charge in [0.05, 0.1) is 19.2 Å². The Labute approximate surface area is 175 Å². The van der Waals surface area contributed by atoms with Gasteiger partial charge in [0, 0.05) is 18.8 Å². The van der Waals surface area contributed by atoms with Crippen LogP contribution in [-0.2, 0) is 6.54 Å². The van der Waals surface area contributed by atoms with Crippen LogP contribution >= 0.6 is 0 Å². The van der Waals surface area contributed by atoms with Crippen molar-refractivity contribution in [1.82, 2.24) is 15.1 Å². The highest BCUT2D eigenvalue weighted by atomic mass is 19.1. The molecule has 3 aromatic rings. The van der Waals surface area contributed by atoms with Crippen molar-refractivity contribution in [2.45, 2.75) is 6.54 Å². The molecule has 2 aromatic carbocycles. The molecule has 0 spiro atoms. The third-order valence-corrected chi connectivity index (χ3v) is 4.34. The van der Waals surface area contributed by atoms with Gasteiger partial charge in [0.15, 0.2) is 11.6 Å². The highest BCUT2D eigenvalue weighted by Gasteiger charge is 2.15. The van der Waals surface area contributed by atoms with Crippen LogP contribution in [0, 0.1) is 11.6 Å². The molecule has 0 fully saturated rings. The summed E-state index contributed by atoms with van der Waals surface area (Å²) in [5.41, 5.74) is -0.211. The normalized spacial score (nSPS) is 10.5. The number of hydrogen-bond donors (Lipinski definition) is 2. The first-order valence-electron chi connectivity index (χ1n) is 9.06. The third kappa shape index (κ3) is 4.92. The second kappa shape index (κ2) is 9.16. The Hall–Kier alpha value is -4.08. The van der Waals surface area contributed by atoms with E-state index in [1.54, 1.807) is 6.07 Å². The number of nitrogens with one attached hydrogen (secondary N) is 2. The average Bonchev–Trinajstić information content (AvgIpc) is 2.76. The zero-order chi connectivity index (χ0) is 22.5. The lowest BCUT2D eigenvalue weighted by Gasteiger charge is -2.10. The molecule has 2 amide bonds. The Bertz CT molecular complexity index is 1210. The van der Waals surface area contributed by atoms with Gasteiger partial charge in [0.1, 0.15) is 11.5 Å². The van der Waals surface area contributed by atoms with Crippen molar-refractivity contribution in [2.75, 3.05) is 19.5 Å². The topological polar surface area (TPSA) is 102 Å². The molecule has 0 atom stereocenters. The van der Waals surface area contributed by atoms with E-state index in [-0.39, 0.29) is 29.2 Å². The second-order valence-corrected chi connectivity index (χ2v) is 6.41. The van der Waals surface area contributed by atoms with Crippen LogP contribution < -0.4 is 20.9 Å². The van der Waals surface area contributed by atoms with E-state index in [2.05, 4.69) is 15.7 Å². The molecule has 1 heterocycles. The molecule has 0 unspecified atom stereocenters. The number of halogens is 2. The number of carbonyl (C=O) groups excluding carboxylic acids is 2.